The van der Waals surface area contributed by atoms with E-state index in [0.29, 0.717) is 6.04 Å². The van der Waals surface area contributed by atoms with Gasteiger partial charge in [0.15, 0.2) is 11.5 Å². The second-order valence-electron chi connectivity index (χ2n) is 5.90. The van der Waals surface area contributed by atoms with Gasteiger partial charge < -0.3 is 25.2 Å². The summed E-state index contributed by atoms with van der Waals surface area (Å²) >= 11 is 0. The Morgan fingerprint density at radius 1 is 1.29 bits per heavy atom. The van der Waals surface area contributed by atoms with Gasteiger partial charge in [-0.3, -0.25) is 0 Å². The molecule has 3 unspecified atom stereocenters. The smallest absolute Gasteiger partial charge is 0.404 e. The summed E-state index contributed by atoms with van der Waals surface area (Å²) in [6.45, 7) is 1.06. The van der Waals surface area contributed by atoms with Gasteiger partial charge in [-0.05, 0) is 42.5 Å². The third-order valence-corrected chi connectivity index (χ3v) is 4.75. The van der Waals surface area contributed by atoms with Gasteiger partial charge >= 0.3 is 6.09 Å². The normalized spacial score (nSPS) is 29.4. The molecule has 1 aromatic carbocycles. The Kier molecular flexibility index (Phi) is 2.92. The van der Waals surface area contributed by atoms with Crippen LogP contribution in [0, 0.1) is 0 Å². The maximum Gasteiger partial charge on any atom is 0.404 e. The van der Waals surface area contributed by atoms with Gasteiger partial charge in [0.2, 0.25) is 6.79 Å². The molecule has 0 bridgehead atoms. The van der Waals surface area contributed by atoms with Gasteiger partial charge in [-0.25, -0.2) is 4.79 Å². The number of ether oxygens (including phenoxy) is 2. The molecule has 4 rings (SSSR count). The van der Waals surface area contributed by atoms with Crippen LogP contribution >= 0.6 is 0 Å². The van der Waals surface area contributed by atoms with E-state index < -0.39 is 6.09 Å². The first kappa shape index (κ1) is 12.8. The number of carboxylic acid groups (broad SMARTS) is 1. The van der Waals surface area contributed by atoms with Crippen molar-refractivity contribution < 1.29 is 19.4 Å². The Balaban J connectivity index is 1.74. The van der Waals surface area contributed by atoms with Crippen LogP contribution in [0.5, 0.6) is 11.5 Å². The molecule has 2 heterocycles. The number of nitrogens with one attached hydrogen (secondary N) is 2. The maximum absolute atomic E-state index is 11.1. The summed E-state index contributed by atoms with van der Waals surface area (Å²) in [6, 6.07) is 4.34. The summed E-state index contributed by atoms with van der Waals surface area (Å²) in [6.07, 6.45) is 2.05. The molecule has 0 radical (unpaired) electrons. The van der Waals surface area contributed by atoms with Crippen LogP contribution < -0.4 is 20.1 Å². The molecule has 1 fully saturated rings. The molecular formula is C15H18N2O4. The van der Waals surface area contributed by atoms with Crippen LogP contribution in [-0.2, 0) is 6.54 Å². The van der Waals surface area contributed by atoms with Gasteiger partial charge in [0.05, 0.1) is 0 Å². The third kappa shape index (κ3) is 2.10. The average molecular weight is 290 g/mol. The highest BCUT2D eigenvalue weighted by Gasteiger charge is 2.39. The molecule has 1 aliphatic carbocycles. The molecule has 3 atom stereocenters. The minimum atomic E-state index is -0.950. The predicted octanol–water partition coefficient (Wildman–Crippen LogP) is 1.79. The molecule has 6 heteroatoms. The molecule has 1 aromatic rings. The fourth-order valence-corrected chi connectivity index (χ4v) is 3.88. The molecule has 112 valence electrons. The van der Waals surface area contributed by atoms with Crippen molar-refractivity contribution in [1.82, 2.24) is 10.6 Å². The van der Waals surface area contributed by atoms with Crippen molar-refractivity contribution >= 4 is 6.09 Å². The topological polar surface area (TPSA) is 79.8 Å². The number of fused-ring (bicyclic) bond motifs is 4. The standard InChI is InChI=1S/C15H18N2O4/c18-15(19)17-11-3-1-2-10-14(11)9-5-13-12(20-7-21-13)4-8(9)6-16-10/h4-5,10-11,14,16-17H,1-3,6-7H2,(H,18,19). The van der Waals surface area contributed by atoms with E-state index in [1.54, 1.807) is 0 Å². The Bertz CT molecular complexity index is 589. The molecular weight excluding hydrogens is 272 g/mol. The fourth-order valence-electron chi connectivity index (χ4n) is 3.88. The van der Waals surface area contributed by atoms with Gasteiger partial charge in [0, 0.05) is 24.5 Å². The van der Waals surface area contributed by atoms with Crippen molar-refractivity contribution in [3.8, 4) is 11.5 Å². The van der Waals surface area contributed by atoms with E-state index in [-0.39, 0.29) is 18.8 Å². The molecule has 21 heavy (non-hydrogen) atoms. The lowest BCUT2D eigenvalue weighted by Gasteiger charge is -2.42. The Labute approximate surface area is 122 Å². The zero-order valence-corrected chi connectivity index (χ0v) is 11.6. The minimum absolute atomic E-state index is 0.0480. The lowest BCUT2D eigenvalue weighted by atomic mass is 9.73. The zero-order valence-electron chi connectivity index (χ0n) is 11.6. The van der Waals surface area contributed by atoms with Crippen molar-refractivity contribution in [1.29, 1.82) is 0 Å². The molecule has 2 aliphatic heterocycles. The van der Waals surface area contributed by atoms with Crippen LogP contribution in [0.25, 0.3) is 0 Å². The summed E-state index contributed by atoms with van der Waals surface area (Å²) in [5.41, 5.74) is 2.38. The number of hydrogen-bond acceptors (Lipinski definition) is 4. The molecule has 0 aromatic heterocycles. The maximum atomic E-state index is 11.1. The molecule has 1 amide bonds. The van der Waals surface area contributed by atoms with Gasteiger partial charge in [-0.15, -0.1) is 0 Å². The first-order valence-electron chi connectivity index (χ1n) is 7.37. The fraction of sp³-hybridized carbons (Fsp3) is 0.533. The first-order valence-corrected chi connectivity index (χ1v) is 7.37. The highest BCUT2D eigenvalue weighted by molar-refractivity contribution is 5.65. The van der Waals surface area contributed by atoms with Gasteiger partial charge in [-0.2, -0.15) is 0 Å². The van der Waals surface area contributed by atoms with Crippen molar-refractivity contribution in [3.05, 3.63) is 23.3 Å². The van der Waals surface area contributed by atoms with E-state index in [9.17, 15) is 4.79 Å². The number of carbonyl (C=O) groups is 1. The summed E-state index contributed by atoms with van der Waals surface area (Å²) in [7, 11) is 0. The van der Waals surface area contributed by atoms with Gasteiger partial charge in [0.1, 0.15) is 0 Å². The number of hydrogen-bond donors (Lipinski definition) is 3. The van der Waals surface area contributed by atoms with E-state index in [4.69, 9.17) is 14.6 Å². The first-order chi connectivity index (χ1) is 10.2. The third-order valence-electron chi connectivity index (χ3n) is 4.75. The SMILES string of the molecule is O=C(O)NC1CCCC2NCc3cc4c(cc3C21)OCO4. The van der Waals surface area contributed by atoms with E-state index in [2.05, 4.69) is 10.6 Å². The van der Waals surface area contributed by atoms with E-state index in [0.717, 1.165) is 37.3 Å². The van der Waals surface area contributed by atoms with Gasteiger partial charge in [0.25, 0.3) is 0 Å². The molecule has 6 nitrogen and oxygen atoms in total. The summed E-state index contributed by atoms with van der Waals surface area (Å²) < 4.78 is 10.9. The Morgan fingerprint density at radius 2 is 2.10 bits per heavy atom. The highest BCUT2D eigenvalue weighted by atomic mass is 16.7. The predicted molar refractivity (Wildman–Crippen MR) is 74.7 cm³/mol. The van der Waals surface area contributed by atoms with E-state index in [1.165, 1.54) is 11.1 Å². The molecule has 3 N–H and O–H groups in total. The molecule has 0 spiro atoms. The Hall–Kier alpha value is -1.95. The lowest BCUT2D eigenvalue weighted by Crippen LogP contribution is -2.52. The van der Waals surface area contributed by atoms with Crippen LogP contribution in [0.1, 0.15) is 36.3 Å². The van der Waals surface area contributed by atoms with Crippen LogP contribution in [0.2, 0.25) is 0 Å². The quantitative estimate of drug-likeness (QED) is 0.735. The van der Waals surface area contributed by atoms with Crippen LogP contribution in [0.3, 0.4) is 0 Å². The van der Waals surface area contributed by atoms with Crippen LogP contribution in [0.4, 0.5) is 4.79 Å². The summed E-state index contributed by atoms with van der Waals surface area (Å²) in [5.74, 6) is 1.72. The van der Waals surface area contributed by atoms with Gasteiger partial charge in [-0.1, -0.05) is 0 Å². The summed E-state index contributed by atoms with van der Waals surface area (Å²) in [5, 5.41) is 15.3. The number of benzene rings is 1. The van der Waals surface area contributed by atoms with Crippen molar-refractivity contribution in [2.75, 3.05) is 6.79 Å². The van der Waals surface area contributed by atoms with Crippen LogP contribution in [-0.4, -0.2) is 30.1 Å². The van der Waals surface area contributed by atoms with Crippen molar-refractivity contribution in [2.45, 2.75) is 43.8 Å². The average Bonchev–Trinajstić information content (AvgIpc) is 2.91. The number of rotatable bonds is 1. The molecule has 3 aliphatic rings. The lowest BCUT2D eigenvalue weighted by molar-refractivity contribution is 0.174. The second kappa shape index (κ2) is 4.80. The minimum Gasteiger partial charge on any atom is -0.465 e. The monoisotopic (exact) mass is 290 g/mol. The summed E-state index contributed by atoms with van der Waals surface area (Å²) in [4.78, 5) is 11.1. The van der Waals surface area contributed by atoms with E-state index in [1.807, 2.05) is 12.1 Å². The van der Waals surface area contributed by atoms with Crippen molar-refractivity contribution in [3.63, 3.8) is 0 Å². The Morgan fingerprint density at radius 3 is 2.90 bits per heavy atom. The highest BCUT2D eigenvalue weighted by Crippen LogP contribution is 2.43. The second-order valence-corrected chi connectivity index (χ2v) is 5.90. The molecule has 1 saturated carbocycles. The number of amides is 1. The molecule has 0 saturated heterocycles. The largest absolute Gasteiger partial charge is 0.465 e. The zero-order chi connectivity index (χ0) is 14.4. The van der Waals surface area contributed by atoms with Crippen LogP contribution in [0.15, 0.2) is 12.1 Å². The van der Waals surface area contributed by atoms with Crippen molar-refractivity contribution in [2.24, 2.45) is 0 Å². The van der Waals surface area contributed by atoms with E-state index >= 15 is 0 Å².